The lowest BCUT2D eigenvalue weighted by Crippen LogP contribution is -2.18. The minimum atomic E-state index is 0.266. The molecule has 0 saturated carbocycles. The number of rotatable bonds is 3. The van der Waals surface area contributed by atoms with Gasteiger partial charge in [0.1, 0.15) is 0 Å². The van der Waals surface area contributed by atoms with Gasteiger partial charge in [0, 0.05) is 11.9 Å². The normalized spacial score (nSPS) is 12.9. The second-order valence-electron chi connectivity index (χ2n) is 3.36. The summed E-state index contributed by atoms with van der Waals surface area (Å²) in [5, 5.41) is 3.20. The van der Waals surface area contributed by atoms with Crippen molar-refractivity contribution >= 4 is 11.6 Å². The Balaban J connectivity index is 2.99. The molecule has 0 aliphatic rings. The molecular weight excluding hydrogens is 182 g/mol. The molecule has 0 spiro atoms. The molecule has 1 N–H and O–H groups in total. The van der Waals surface area contributed by atoms with E-state index < -0.39 is 0 Å². The van der Waals surface area contributed by atoms with E-state index in [2.05, 4.69) is 37.4 Å². The van der Waals surface area contributed by atoms with E-state index in [9.17, 15) is 0 Å². The van der Waals surface area contributed by atoms with Crippen molar-refractivity contribution in [2.75, 3.05) is 12.9 Å². The van der Waals surface area contributed by atoms with Crippen LogP contribution in [0.1, 0.15) is 22.7 Å². The van der Waals surface area contributed by atoms with E-state index in [1.54, 1.807) is 0 Å². The molecule has 0 aliphatic heterocycles. The average Bonchev–Trinajstić information content (AvgIpc) is 2.10. The van der Waals surface area contributed by atoms with Gasteiger partial charge in [-0.25, -0.2) is 0 Å². The zero-order valence-corrected chi connectivity index (χ0v) is 9.15. The maximum Gasteiger partial charge on any atom is 0.0457 e. The topological polar surface area (TPSA) is 12.0 Å². The molecule has 0 aromatic heterocycles. The maximum atomic E-state index is 5.85. The summed E-state index contributed by atoms with van der Waals surface area (Å²) in [7, 11) is 1.94. The molecule has 1 aromatic carbocycles. The number of aryl methyl sites for hydroxylation is 2. The first kappa shape index (κ1) is 10.6. The number of halogens is 1. The molecule has 1 rings (SSSR count). The summed E-state index contributed by atoms with van der Waals surface area (Å²) in [4.78, 5) is 0. The lowest BCUT2D eigenvalue weighted by atomic mass is 10.0. The number of nitrogens with one attached hydrogen (secondary N) is 1. The summed E-state index contributed by atoms with van der Waals surface area (Å²) in [5.41, 5.74) is 3.90. The minimum absolute atomic E-state index is 0.266. The highest BCUT2D eigenvalue weighted by molar-refractivity contribution is 6.18. The lowest BCUT2D eigenvalue weighted by Gasteiger charge is -2.16. The summed E-state index contributed by atoms with van der Waals surface area (Å²) in [6.07, 6.45) is 0. The van der Waals surface area contributed by atoms with Crippen molar-refractivity contribution in [3.8, 4) is 0 Å². The van der Waals surface area contributed by atoms with Gasteiger partial charge in [0.2, 0.25) is 0 Å². The minimum Gasteiger partial charge on any atom is -0.312 e. The van der Waals surface area contributed by atoms with Crippen LogP contribution < -0.4 is 5.32 Å². The molecule has 13 heavy (non-hydrogen) atoms. The van der Waals surface area contributed by atoms with Gasteiger partial charge in [-0.15, -0.1) is 11.6 Å². The average molecular weight is 198 g/mol. The monoisotopic (exact) mass is 197 g/mol. The zero-order chi connectivity index (χ0) is 9.84. The zero-order valence-electron chi connectivity index (χ0n) is 8.39. The highest BCUT2D eigenvalue weighted by atomic mass is 35.5. The van der Waals surface area contributed by atoms with Gasteiger partial charge in [0.05, 0.1) is 0 Å². The van der Waals surface area contributed by atoms with Gasteiger partial charge in [-0.1, -0.05) is 23.8 Å². The quantitative estimate of drug-likeness (QED) is 0.735. The molecule has 0 aliphatic carbocycles. The van der Waals surface area contributed by atoms with E-state index in [1.807, 2.05) is 7.05 Å². The lowest BCUT2D eigenvalue weighted by molar-refractivity contribution is 0.654. The van der Waals surface area contributed by atoms with Gasteiger partial charge in [-0.05, 0) is 32.0 Å². The van der Waals surface area contributed by atoms with Gasteiger partial charge in [-0.2, -0.15) is 0 Å². The maximum absolute atomic E-state index is 5.85. The van der Waals surface area contributed by atoms with E-state index in [0.29, 0.717) is 5.88 Å². The first-order chi connectivity index (χ1) is 6.19. The number of hydrogen-bond acceptors (Lipinski definition) is 1. The van der Waals surface area contributed by atoms with E-state index in [-0.39, 0.29) is 6.04 Å². The van der Waals surface area contributed by atoms with Gasteiger partial charge in [0.15, 0.2) is 0 Å². The van der Waals surface area contributed by atoms with Crippen molar-refractivity contribution in [1.29, 1.82) is 0 Å². The Morgan fingerprint density at radius 2 is 2.08 bits per heavy atom. The first-order valence-electron chi connectivity index (χ1n) is 4.49. The van der Waals surface area contributed by atoms with E-state index in [1.165, 1.54) is 16.7 Å². The third kappa shape index (κ3) is 2.45. The summed E-state index contributed by atoms with van der Waals surface area (Å²) in [6, 6.07) is 6.72. The molecular formula is C11H16ClN. The molecule has 72 valence electrons. The van der Waals surface area contributed by atoms with Crippen molar-refractivity contribution < 1.29 is 0 Å². The number of alkyl halides is 1. The molecule has 1 aromatic rings. The van der Waals surface area contributed by atoms with Crippen LogP contribution >= 0.6 is 11.6 Å². The second kappa shape index (κ2) is 4.64. The SMILES string of the molecule is CNC(CCl)c1ccc(C)cc1C. The largest absolute Gasteiger partial charge is 0.312 e. The molecule has 2 heteroatoms. The standard InChI is InChI=1S/C11H16ClN/c1-8-4-5-10(9(2)6-8)11(7-12)13-3/h4-6,11,13H,7H2,1-3H3. The Bertz CT molecular complexity index is 279. The fourth-order valence-electron chi connectivity index (χ4n) is 1.53. The number of hydrogen-bond donors (Lipinski definition) is 1. The van der Waals surface area contributed by atoms with Crippen LogP contribution in [-0.2, 0) is 0 Å². The molecule has 0 heterocycles. The fraction of sp³-hybridized carbons (Fsp3) is 0.455. The van der Waals surface area contributed by atoms with Crippen LogP contribution in [0, 0.1) is 13.8 Å². The van der Waals surface area contributed by atoms with Crippen LogP contribution in [0.25, 0.3) is 0 Å². The summed E-state index contributed by atoms with van der Waals surface area (Å²) >= 11 is 5.85. The van der Waals surface area contributed by atoms with E-state index in [4.69, 9.17) is 11.6 Å². The van der Waals surface area contributed by atoms with Crippen LogP contribution in [-0.4, -0.2) is 12.9 Å². The second-order valence-corrected chi connectivity index (χ2v) is 3.66. The Morgan fingerprint density at radius 3 is 2.54 bits per heavy atom. The summed E-state index contributed by atoms with van der Waals surface area (Å²) in [5.74, 6) is 0.612. The Labute approximate surface area is 85.1 Å². The van der Waals surface area contributed by atoms with E-state index in [0.717, 1.165) is 0 Å². The van der Waals surface area contributed by atoms with Gasteiger partial charge >= 0.3 is 0 Å². The third-order valence-electron chi connectivity index (χ3n) is 2.30. The van der Waals surface area contributed by atoms with Crippen LogP contribution in [0.5, 0.6) is 0 Å². The first-order valence-corrected chi connectivity index (χ1v) is 5.03. The van der Waals surface area contributed by atoms with Crippen molar-refractivity contribution in [2.45, 2.75) is 19.9 Å². The highest BCUT2D eigenvalue weighted by Gasteiger charge is 2.09. The Kier molecular flexibility index (Phi) is 3.76. The molecule has 0 fully saturated rings. The molecule has 1 unspecified atom stereocenters. The molecule has 0 radical (unpaired) electrons. The van der Waals surface area contributed by atoms with E-state index >= 15 is 0 Å². The molecule has 0 bridgehead atoms. The van der Waals surface area contributed by atoms with Gasteiger partial charge < -0.3 is 5.32 Å². The Morgan fingerprint density at radius 1 is 1.38 bits per heavy atom. The predicted molar refractivity (Wildman–Crippen MR) is 58.4 cm³/mol. The smallest absolute Gasteiger partial charge is 0.0457 e. The van der Waals surface area contributed by atoms with Crippen molar-refractivity contribution in [3.05, 3.63) is 34.9 Å². The fourth-order valence-corrected chi connectivity index (χ4v) is 1.85. The molecule has 1 atom stereocenters. The van der Waals surface area contributed by atoms with Crippen LogP contribution in [0.15, 0.2) is 18.2 Å². The predicted octanol–water partition coefficient (Wildman–Crippen LogP) is 2.80. The molecule has 0 amide bonds. The van der Waals surface area contributed by atoms with Gasteiger partial charge in [0.25, 0.3) is 0 Å². The third-order valence-corrected chi connectivity index (χ3v) is 2.61. The van der Waals surface area contributed by atoms with Crippen molar-refractivity contribution in [3.63, 3.8) is 0 Å². The highest BCUT2D eigenvalue weighted by Crippen LogP contribution is 2.19. The summed E-state index contributed by atoms with van der Waals surface area (Å²) < 4.78 is 0. The molecule has 1 nitrogen and oxygen atoms in total. The van der Waals surface area contributed by atoms with Crippen LogP contribution in [0.3, 0.4) is 0 Å². The number of benzene rings is 1. The van der Waals surface area contributed by atoms with Crippen LogP contribution in [0.2, 0.25) is 0 Å². The van der Waals surface area contributed by atoms with Crippen molar-refractivity contribution in [2.24, 2.45) is 0 Å². The Hall–Kier alpha value is -0.530. The molecule has 0 saturated heterocycles. The summed E-state index contributed by atoms with van der Waals surface area (Å²) in [6.45, 7) is 4.23. The van der Waals surface area contributed by atoms with Gasteiger partial charge in [-0.3, -0.25) is 0 Å². The van der Waals surface area contributed by atoms with Crippen molar-refractivity contribution in [1.82, 2.24) is 5.32 Å². The van der Waals surface area contributed by atoms with Crippen LogP contribution in [0.4, 0.5) is 0 Å².